The second-order valence-electron chi connectivity index (χ2n) is 7.69. The molecule has 3 heterocycles. The summed E-state index contributed by atoms with van der Waals surface area (Å²) in [6.45, 7) is 4.13. The Morgan fingerprint density at radius 3 is 2.86 bits per heavy atom. The van der Waals surface area contributed by atoms with Gasteiger partial charge >= 0.3 is 0 Å². The summed E-state index contributed by atoms with van der Waals surface area (Å²) in [6, 6.07) is 11.1. The summed E-state index contributed by atoms with van der Waals surface area (Å²) in [5, 5.41) is 3.71. The van der Waals surface area contributed by atoms with Crippen molar-refractivity contribution in [2.45, 2.75) is 25.4 Å². The molecule has 4 rings (SSSR count). The van der Waals surface area contributed by atoms with Gasteiger partial charge < -0.3 is 14.8 Å². The molecule has 1 fully saturated rings. The number of likely N-dealkylation sites (tertiary alicyclic amines) is 1. The minimum absolute atomic E-state index is 0.00981. The Bertz CT molecular complexity index is 825. The predicted octanol–water partition coefficient (Wildman–Crippen LogP) is 2.95. The van der Waals surface area contributed by atoms with Crippen LogP contribution in [0.3, 0.4) is 0 Å². The fourth-order valence-electron chi connectivity index (χ4n) is 3.83. The summed E-state index contributed by atoms with van der Waals surface area (Å²) >= 11 is 6.05. The van der Waals surface area contributed by atoms with E-state index in [0.29, 0.717) is 24.0 Å². The molecule has 6 nitrogen and oxygen atoms in total. The number of pyridine rings is 1. The molecule has 7 heteroatoms. The number of nitrogens with one attached hydrogen (secondary N) is 1. The highest BCUT2D eigenvalue weighted by Crippen LogP contribution is 2.34. The van der Waals surface area contributed by atoms with Crippen molar-refractivity contribution < 1.29 is 14.3 Å². The highest BCUT2D eigenvalue weighted by molar-refractivity contribution is 6.30. The van der Waals surface area contributed by atoms with Crippen LogP contribution >= 0.6 is 11.6 Å². The average Bonchev–Trinajstić information content (AvgIpc) is 2.74. The van der Waals surface area contributed by atoms with Crippen molar-refractivity contribution in [1.29, 1.82) is 0 Å². The number of hydrogen-bond donors (Lipinski definition) is 1. The van der Waals surface area contributed by atoms with Crippen molar-refractivity contribution >= 4 is 17.5 Å². The highest BCUT2D eigenvalue weighted by atomic mass is 35.5. The van der Waals surface area contributed by atoms with Crippen molar-refractivity contribution in [3.05, 3.63) is 53.3 Å². The van der Waals surface area contributed by atoms with Crippen LogP contribution in [0.1, 0.15) is 18.5 Å². The van der Waals surface area contributed by atoms with Gasteiger partial charge in [0.25, 0.3) is 0 Å². The minimum Gasteiger partial charge on any atom is -0.486 e. The fourth-order valence-corrected chi connectivity index (χ4v) is 3.99. The molecule has 2 aliphatic rings. The van der Waals surface area contributed by atoms with Gasteiger partial charge in [0.2, 0.25) is 5.91 Å². The molecule has 2 aliphatic heterocycles. The molecular formula is C22H26ClN3O3. The first kappa shape index (κ1) is 20.0. The van der Waals surface area contributed by atoms with Gasteiger partial charge in [-0.2, -0.15) is 0 Å². The first-order valence-electron chi connectivity index (χ1n) is 10.1. The molecule has 0 radical (unpaired) electrons. The van der Waals surface area contributed by atoms with Crippen LogP contribution in [0, 0.1) is 5.92 Å². The third kappa shape index (κ3) is 5.61. The van der Waals surface area contributed by atoms with E-state index in [4.69, 9.17) is 21.1 Å². The number of aromatic nitrogens is 1. The Kier molecular flexibility index (Phi) is 6.52. The molecule has 0 spiro atoms. The van der Waals surface area contributed by atoms with E-state index in [1.54, 1.807) is 6.20 Å². The van der Waals surface area contributed by atoms with Gasteiger partial charge in [0.1, 0.15) is 12.7 Å². The lowest BCUT2D eigenvalue weighted by Crippen LogP contribution is -2.45. The van der Waals surface area contributed by atoms with Crippen molar-refractivity contribution in [1.82, 2.24) is 15.2 Å². The molecule has 0 saturated carbocycles. The van der Waals surface area contributed by atoms with Crippen molar-refractivity contribution in [3.8, 4) is 11.5 Å². The Morgan fingerprint density at radius 2 is 2.07 bits per heavy atom. The standard InChI is InChI=1S/C22H26ClN3O3/c23-17-4-5-20-21(11-17)29-19(15-28-20)14-26-9-6-16(7-10-26)13-25-22(27)12-18-3-1-2-8-24-18/h1-5,8,11,16,19H,6-7,9-10,12-15H2,(H,25,27)/t19-/m0/s1. The lowest BCUT2D eigenvalue weighted by Gasteiger charge is -2.35. The maximum atomic E-state index is 12.1. The molecular weight excluding hydrogens is 390 g/mol. The van der Waals surface area contributed by atoms with Crippen molar-refractivity contribution in [2.24, 2.45) is 5.92 Å². The number of carbonyl (C=O) groups is 1. The van der Waals surface area contributed by atoms with E-state index in [0.717, 1.165) is 56.2 Å². The third-order valence-corrected chi connectivity index (χ3v) is 5.68. The molecule has 1 atom stereocenters. The van der Waals surface area contributed by atoms with Gasteiger partial charge in [-0.15, -0.1) is 0 Å². The number of ether oxygens (including phenoxy) is 2. The number of halogens is 1. The summed E-state index contributed by atoms with van der Waals surface area (Å²) < 4.78 is 11.9. The Hall–Kier alpha value is -2.31. The Labute approximate surface area is 176 Å². The Balaban J connectivity index is 1.17. The Morgan fingerprint density at radius 1 is 1.21 bits per heavy atom. The first-order chi connectivity index (χ1) is 14.2. The SMILES string of the molecule is O=C(Cc1ccccn1)NCC1CCN(C[C@H]2COc3ccc(Cl)cc3O2)CC1. The van der Waals surface area contributed by atoms with Gasteiger partial charge in [-0.25, -0.2) is 0 Å². The second kappa shape index (κ2) is 9.46. The largest absolute Gasteiger partial charge is 0.486 e. The van der Waals surface area contributed by atoms with Crippen LogP contribution in [0.25, 0.3) is 0 Å². The summed E-state index contributed by atoms with van der Waals surface area (Å²) in [5.41, 5.74) is 0.803. The van der Waals surface area contributed by atoms with E-state index < -0.39 is 0 Å². The topological polar surface area (TPSA) is 63.7 Å². The van der Waals surface area contributed by atoms with Crippen LogP contribution in [0.15, 0.2) is 42.6 Å². The van der Waals surface area contributed by atoms with E-state index in [-0.39, 0.29) is 12.0 Å². The lowest BCUT2D eigenvalue weighted by molar-refractivity contribution is -0.120. The van der Waals surface area contributed by atoms with Gasteiger partial charge in [-0.3, -0.25) is 14.7 Å². The summed E-state index contributed by atoms with van der Waals surface area (Å²) in [5.74, 6) is 2.03. The number of nitrogens with zero attached hydrogens (tertiary/aromatic N) is 2. The highest BCUT2D eigenvalue weighted by Gasteiger charge is 2.26. The number of carbonyl (C=O) groups excluding carboxylic acids is 1. The van der Waals surface area contributed by atoms with Crippen LogP contribution in [-0.4, -0.2) is 54.7 Å². The number of piperidine rings is 1. The summed E-state index contributed by atoms with van der Waals surface area (Å²) in [4.78, 5) is 18.7. The zero-order valence-corrected chi connectivity index (χ0v) is 17.1. The minimum atomic E-state index is 0.00981. The second-order valence-corrected chi connectivity index (χ2v) is 8.12. The molecule has 1 saturated heterocycles. The molecule has 0 unspecified atom stereocenters. The first-order valence-corrected chi connectivity index (χ1v) is 10.5. The fraction of sp³-hybridized carbons (Fsp3) is 0.455. The molecule has 1 N–H and O–H groups in total. The lowest BCUT2D eigenvalue weighted by atomic mass is 9.96. The van der Waals surface area contributed by atoms with Gasteiger partial charge in [-0.05, 0) is 56.1 Å². The molecule has 29 heavy (non-hydrogen) atoms. The van der Waals surface area contributed by atoms with E-state index in [1.165, 1.54) is 0 Å². The molecule has 1 amide bonds. The van der Waals surface area contributed by atoms with Gasteiger partial charge in [0.15, 0.2) is 11.5 Å². The van der Waals surface area contributed by atoms with Crippen molar-refractivity contribution in [3.63, 3.8) is 0 Å². The van der Waals surface area contributed by atoms with Crippen LogP contribution in [0.2, 0.25) is 5.02 Å². The maximum Gasteiger partial charge on any atom is 0.226 e. The number of benzene rings is 1. The van der Waals surface area contributed by atoms with Crippen molar-refractivity contribution in [2.75, 3.05) is 32.8 Å². The number of fused-ring (bicyclic) bond motifs is 1. The summed E-state index contributed by atoms with van der Waals surface area (Å²) in [6.07, 6.45) is 4.20. The molecule has 0 aliphatic carbocycles. The van der Waals surface area contributed by atoms with Crippen LogP contribution in [0.5, 0.6) is 11.5 Å². The number of hydrogen-bond acceptors (Lipinski definition) is 5. The number of rotatable bonds is 6. The zero-order chi connectivity index (χ0) is 20.1. The molecule has 154 valence electrons. The van der Waals surface area contributed by atoms with Gasteiger partial charge in [0, 0.05) is 36.1 Å². The van der Waals surface area contributed by atoms with Crippen LogP contribution in [-0.2, 0) is 11.2 Å². The zero-order valence-electron chi connectivity index (χ0n) is 16.4. The maximum absolute atomic E-state index is 12.1. The number of amides is 1. The monoisotopic (exact) mass is 415 g/mol. The van der Waals surface area contributed by atoms with Gasteiger partial charge in [0.05, 0.1) is 6.42 Å². The van der Waals surface area contributed by atoms with Crippen LogP contribution in [0.4, 0.5) is 0 Å². The van der Waals surface area contributed by atoms with E-state index >= 15 is 0 Å². The van der Waals surface area contributed by atoms with Crippen LogP contribution < -0.4 is 14.8 Å². The molecule has 0 bridgehead atoms. The summed E-state index contributed by atoms with van der Waals surface area (Å²) in [7, 11) is 0. The van der Waals surface area contributed by atoms with Gasteiger partial charge in [-0.1, -0.05) is 17.7 Å². The third-order valence-electron chi connectivity index (χ3n) is 5.45. The van der Waals surface area contributed by atoms with E-state index in [2.05, 4.69) is 15.2 Å². The molecule has 1 aromatic carbocycles. The smallest absolute Gasteiger partial charge is 0.226 e. The molecule has 1 aromatic heterocycles. The average molecular weight is 416 g/mol. The predicted molar refractivity (Wildman–Crippen MR) is 111 cm³/mol. The van der Waals surface area contributed by atoms with E-state index in [9.17, 15) is 4.79 Å². The quantitative estimate of drug-likeness (QED) is 0.785. The van der Waals surface area contributed by atoms with E-state index in [1.807, 2.05) is 36.4 Å². The normalized spacial score (nSPS) is 19.7. The molecule has 2 aromatic rings.